The molecule has 0 spiro atoms. The average molecular weight is 236 g/mol. The number of amides is 2. The summed E-state index contributed by atoms with van der Waals surface area (Å²) < 4.78 is 0. The number of carbonyl (C=O) groups excluding carboxylic acids is 1. The summed E-state index contributed by atoms with van der Waals surface area (Å²) in [6, 6.07) is 7.70. The van der Waals surface area contributed by atoms with Gasteiger partial charge in [0.05, 0.1) is 12.1 Å². The fourth-order valence-electron chi connectivity index (χ4n) is 1.28. The van der Waals surface area contributed by atoms with Gasteiger partial charge in [-0.2, -0.15) is 0 Å². The number of hydrogen-bond donors (Lipinski definition) is 3. The number of carbonyl (C=O) groups is 1. The van der Waals surface area contributed by atoms with Gasteiger partial charge in [0.1, 0.15) is 0 Å². The van der Waals surface area contributed by atoms with Crippen LogP contribution >= 0.6 is 0 Å². The highest BCUT2D eigenvalue weighted by Crippen LogP contribution is 2.03. The van der Waals surface area contributed by atoms with Crippen LogP contribution < -0.4 is 10.6 Å². The van der Waals surface area contributed by atoms with Gasteiger partial charge in [0.15, 0.2) is 0 Å². The number of aliphatic hydroxyl groups is 1. The summed E-state index contributed by atoms with van der Waals surface area (Å²) in [5.41, 5.74) is 1.64. The van der Waals surface area contributed by atoms with Crippen LogP contribution in [0.5, 0.6) is 0 Å². The molecule has 94 valence electrons. The average Bonchev–Trinajstić information content (AvgIpc) is 2.28. The molecular formula is C13H20N2O2. The molecule has 0 aromatic heterocycles. The third kappa shape index (κ3) is 4.87. The van der Waals surface area contributed by atoms with Gasteiger partial charge in [-0.05, 0) is 26.3 Å². The van der Waals surface area contributed by atoms with E-state index in [-0.39, 0.29) is 12.6 Å². The topological polar surface area (TPSA) is 61.4 Å². The largest absolute Gasteiger partial charge is 0.394 e. The first-order valence-corrected chi connectivity index (χ1v) is 5.65. The molecular weight excluding hydrogens is 216 g/mol. The van der Waals surface area contributed by atoms with E-state index < -0.39 is 5.54 Å². The Hall–Kier alpha value is -1.55. The minimum Gasteiger partial charge on any atom is -0.394 e. The molecule has 3 N–H and O–H groups in total. The van der Waals surface area contributed by atoms with Crippen molar-refractivity contribution in [2.45, 2.75) is 32.9 Å². The van der Waals surface area contributed by atoms with Crippen molar-refractivity contribution in [1.29, 1.82) is 0 Å². The molecule has 1 aromatic carbocycles. The summed E-state index contributed by atoms with van der Waals surface area (Å²) in [6.45, 7) is 5.93. The smallest absolute Gasteiger partial charge is 0.315 e. The Bertz CT molecular complexity index is 372. The van der Waals surface area contributed by atoms with Gasteiger partial charge in [0.2, 0.25) is 0 Å². The van der Waals surface area contributed by atoms with Gasteiger partial charge in [-0.25, -0.2) is 4.79 Å². The van der Waals surface area contributed by atoms with Crippen LogP contribution in [0.2, 0.25) is 0 Å². The van der Waals surface area contributed by atoms with E-state index >= 15 is 0 Å². The Morgan fingerprint density at radius 1 is 1.29 bits per heavy atom. The SMILES string of the molecule is Cc1ccc(CNC(=O)NC(C)(C)CO)cc1. The highest BCUT2D eigenvalue weighted by molar-refractivity contribution is 5.74. The number of nitrogens with one attached hydrogen (secondary N) is 2. The van der Waals surface area contributed by atoms with E-state index in [0.29, 0.717) is 6.54 Å². The lowest BCUT2D eigenvalue weighted by molar-refractivity contribution is 0.182. The molecule has 0 radical (unpaired) electrons. The summed E-state index contributed by atoms with van der Waals surface area (Å²) in [5.74, 6) is 0. The number of aryl methyl sites for hydroxylation is 1. The summed E-state index contributed by atoms with van der Waals surface area (Å²) in [7, 11) is 0. The predicted octanol–water partition coefficient (Wildman–Crippen LogP) is 1.57. The molecule has 0 unspecified atom stereocenters. The molecule has 0 aliphatic rings. The zero-order valence-electron chi connectivity index (χ0n) is 10.6. The summed E-state index contributed by atoms with van der Waals surface area (Å²) in [6.07, 6.45) is 0. The number of aliphatic hydroxyl groups excluding tert-OH is 1. The van der Waals surface area contributed by atoms with Crippen molar-refractivity contribution in [3.8, 4) is 0 Å². The lowest BCUT2D eigenvalue weighted by atomic mass is 10.1. The normalized spacial score (nSPS) is 11.1. The zero-order chi connectivity index (χ0) is 12.9. The molecule has 0 aliphatic carbocycles. The van der Waals surface area contributed by atoms with Crippen LogP contribution in [0.4, 0.5) is 4.79 Å². The van der Waals surface area contributed by atoms with Gasteiger partial charge in [0.25, 0.3) is 0 Å². The Kier molecular flexibility index (Phi) is 4.52. The van der Waals surface area contributed by atoms with Crippen LogP contribution in [0, 0.1) is 6.92 Å². The molecule has 4 heteroatoms. The van der Waals surface area contributed by atoms with Crippen molar-refractivity contribution in [1.82, 2.24) is 10.6 Å². The quantitative estimate of drug-likeness (QED) is 0.743. The van der Waals surface area contributed by atoms with Gasteiger partial charge < -0.3 is 15.7 Å². The molecule has 0 bridgehead atoms. The highest BCUT2D eigenvalue weighted by Gasteiger charge is 2.18. The lowest BCUT2D eigenvalue weighted by Gasteiger charge is -2.23. The van der Waals surface area contributed by atoms with Crippen molar-refractivity contribution in [2.75, 3.05) is 6.61 Å². The molecule has 1 rings (SSSR count). The fourth-order valence-corrected chi connectivity index (χ4v) is 1.28. The van der Waals surface area contributed by atoms with E-state index in [9.17, 15) is 4.79 Å². The molecule has 0 saturated carbocycles. The third-order valence-electron chi connectivity index (χ3n) is 2.42. The molecule has 0 aliphatic heterocycles. The third-order valence-corrected chi connectivity index (χ3v) is 2.42. The molecule has 0 heterocycles. The Morgan fingerprint density at radius 3 is 2.41 bits per heavy atom. The second-order valence-corrected chi connectivity index (χ2v) is 4.84. The van der Waals surface area contributed by atoms with Crippen molar-refractivity contribution in [3.63, 3.8) is 0 Å². The molecule has 4 nitrogen and oxygen atoms in total. The molecule has 0 fully saturated rings. The van der Waals surface area contributed by atoms with Crippen LogP contribution in [-0.2, 0) is 6.54 Å². The standard InChI is InChI=1S/C13H20N2O2/c1-10-4-6-11(7-5-10)8-14-12(17)15-13(2,3)9-16/h4-7,16H,8-9H2,1-3H3,(H2,14,15,17). The second kappa shape index (κ2) is 5.68. The maximum atomic E-state index is 11.5. The van der Waals surface area contributed by atoms with Crippen molar-refractivity contribution >= 4 is 6.03 Å². The fraction of sp³-hybridized carbons (Fsp3) is 0.462. The van der Waals surface area contributed by atoms with Crippen LogP contribution in [0.15, 0.2) is 24.3 Å². The molecule has 0 atom stereocenters. The molecule has 0 saturated heterocycles. The minimum atomic E-state index is -0.600. The Balaban J connectivity index is 2.41. The van der Waals surface area contributed by atoms with Crippen LogP contribution in [0.3, 0.4) is 0 Å². The van der Waals surface area contributed by atoms with Gasteiger partial charge in [-0.3, -0.25) is 0 Å². The number of urea groups is 1. The van der Waals surface area contributed by atoms with E-state index in [0.717, 1.165) is 5.56 Å². The van der Waals surface area contributed by atoms with E-state index in [1.54, 1.807) is 13.8 Å². The van der Waals surface area contributed by atoms with E-state index in [1.165, 1.54) is 5.56 Å². The first kappa shape index (κ1) is 13.5. The van der Waals surface area contributed by atoms with Crippen LogP contribution in [0.1, 0.15) is 25.0 Å². The minimum absolute atomic E-state index is 0.0923. The first-order valence-electron chi connectivity index (χ1n) is 5.65. The van der Waals surface area contributed by atoms with Gasteiger partial charge in [-0.1, -0.05) is 29.8 Å². The molecule has 17 heavy (non-hydrogen) atoms. The predicted molar refractivity (Wildman–Crippen MR) is 67.7 cm³/mol. The molecule has 1 aromatic rings. The highest BCUT2D eigenvalue weighted by atomic mass is 16.3. The van der Waals surface area contributed by atoms with Crippen molar-refractivity contribution in [3.05, 3.63) is 35.4 Å². The van der Waals surface area contributed by atoms with Crippen molar-refractivity contribution in [2.24, 2.45) is 0 Å². The first-order chi connectivity index (χ1) is 7.93. The van der Waals surface area contributed by atoms with Crippen LogP contribution in [0.25, 0.3) is 0 Å². The van der Waals surface area contributed by atoms with Crippen molar-refractivity contribution < 1.29 is 9.90 Å². The van der Waals surface area contributed by atoms with Gasteiger partial charge in [0, 0.05) is 6.54 Å². The maximum Gasteiger partial charge on any atom is 0.315 e. The summed E-state index contributed by atoms with van der Waals surface area (Å²) in [4.78, 5) is 11.5. The lowest BCUT2D eigenvalue weighted by Crippen LogP contribution is -2.50. The Morgan fingerprint density at radius 2 is 1.88 bits per heavy atom. The van der Waals surface area contributed by atoms with Crippen LogP contribution in [-0.4, -0.2) is 23.3 Å². The van der Waals surface area contributed by atoms with Gasteiger partial charge >= 0.3 is 6.03 Å². The molecule has 2 amide bonds. The number of hydrogen-bond acceptors (Lipinski definition) is 2. The van der Waals surface area contributed by atoms with E-state index in [2.05, 4.69) is 10.6 Å². The zero-order valence-corrected chi connectivity index (χ0v) is 10.6. The Labute approximate surface area is 102 Å². The van der Waals surface area contributed by atoms with E-state index in [1.807, 2.05) is 31.2 Å². The summed E-state index contributed by atoms with van der Waals surface area (Å²) >= 11 is 0. The maximum absolute atomic E-state index is 11.5. The van der Waals surface area contributed by atoms with E-state index in [4.69, 9.17) is 5.11 Å². The summed E-state index contributed by atoms with van der Waals surface area (Å²) in [5, 5.41) is 14.5. The number of rotatable bonds is 4. The monoisotopic (exact) mass is 236 g/mol. The second-order valence-electron chi connectivity index (χ2n) is 4.84. The number of benzene rings is 1. The van der Waals surface area contributed by atoms with Gasteiger partial charge in [-0.15, -0.1) is 0 Å².